The monoisotopic (exact) mass is 286 g/mol. The Morgan fingerprint density at radius 3 is 2.75 bits per heavy atom. The highest BCUT2D eigenvalue weighted by molar-refractivity contribution is 7.99. The summed E-state index contributed by atoms with van der Waals surface area (Å²) in [5.41, 5.74) is 3.04. The molecule has 0 aliphatic rings. The maximum atomic E-state index is 12.1. The normalized spacial score (nSPS) is 11.9. The first-order chi connectivity index (χ1) is 9.66. The number of thioether (sulfide) groups is 1. The largest absolute Gasteiger partial charge is 0.325 e. The number of carbonyl (C=O) groups excluding carboxylic acids is 1. The lowest BCUT2D eigenvalue weighted by molar-refractivity contribution is -0.115. The summed E-state index contributed by atoms with van der Waals surface area (Å²) in [6.07, 6.45) is 3.43. The lowest BCUT2D eigenvalue weighted by Gasteiger charge is -2.13. The van der Waals surface area contributed by atoms with E-state index in [1.165, 1.54) is 5.56 Å². The van der Waals surface area contributed by atoms with Gasteiger partial charge in [-0.1, -0.05) is 30.3 Å². The number of hydrogen-bond acceptors (Lipinski definition) is 3. The minimum absolute atomic E-state index is 0.0280. The van der Waals surface area contributed by atoms with Gasteiger partial charge in [0.25, 0.3) is 0 Å². The zero-order valence-corrected chi connectivity index (χ0v) is 12.5. The standard InChI is InChI=1S/C16H18N2OS/c1-12-10-17-9-8-15(12)18-16(19)13(2)20-11-14-6-4-3-5-7-14/h3-10,13H,11H2,1-2H3,(H,17,18,19). The van der Waals surface area contributed by atoms with E-state index in [4.69, 9.17) is 0 Å². The number of rotatable bonds is 5. The molecule has 1 aromatic heterocycles. The molecule has 2 rings (SSSR count). The predicted octanol–water partition coefficient (Wildman–Crippen LogP) is 3.65. The van der Waals surface area contributed by atoms with Gasteiger partial charge in [0.05, 0.1) is 5.25 Å². The van der Waals surface area contributed by atoms with Crippen LogP contribution in [-0.4, -0.2) is 16.1 Å². The average molecular weight is 286 g/mol. The molecule has 2 aromatic rings. The Bertz CT molecular complexity index is 572. The van der Waals surface area contributed by atoms with Crippen LogP contribution >= 0.6 is 11.8 Å². The quantitative estimate of drug-likeness (QED) is 0.912. The minimum atomic E-state index is -0.0947. The molecule has 0 bridgehead atoms. The highest BCUT2D eigenvalue weighted by Gasteiger charge is 2.14. The van der Waals surface area contributed by atoms with Gasteiger partial charge < -0.3 is 5.32 Å². The van der Waals surface area contributed by atoms with Crippen molar-refractivity contribution in [2.45, 2.75) is 24.9 Å². The van der Waals surface area contributed by atoms with E-state index in [0.29, 0.717) is 0 Å². The van der Waals surface area contributed by atoms with Crippen molar-refractivity contribution in [2.24, 2.45) is 0 Å². The number of aryl methyl sites for hydroxylation is 1. The summed E-state index contributed by atoms with van der Waals surface area (Å²) in [6, 6.07) is 12.0. The Labute approximate surface area is 123 Å². The highest BCUT2D eigenvalue weighted by atomic mass is 32.2. The summed E-state index contributed by atoms with van der Waals surface area (Å²) in [5, 5.41) is 2.85. The number of carbonyl (C=O) groups is 1. The fourth-order valence-corrected chi connectivity index (χ4v) is 2.56. The highest BCUT2D eigenvalue weighted by Crippen LogP contribution is 2.20. The molecule has 1 N–H and O–H groups in total. The van der Waals surface area contributed by atoms with E-state index >= 15 is 0 Å². The molecule has 0 aliphatic heterocycles. The fourth-order valence-electron chi connectivity index (χ4n) is 1.72. The van der Waals surface area contributed by atoms with Crippen molar-refractivity contribution >= 4 is 23.4 Å². The van der Waals surface area contributed by atoms with Crippen molar-refractivity contribution in [3.63, 3.8) is 0 Å². The van der Waals surface area contributed by atoms with E-state index in [2.05, 4.69) is 22.4 Å². The first-order valence-corrected chi connectivity index (χ1v) is 7.58. The molecular formula is C16H18N2OS. The first kappa shape index (κ1) is 14.6. The van der Waals surface area contributed by atoms with Crippen LogP contribution in [0.15, 0.2) is 48.8 Å². The number of hydrogen-bond donors (Lipinski definition) is 1. The van der Waals surface area contributed by atoms with Gasteiger partial charge in [0, 0.05) is 23.8 Å². The number of anilines is 1. The Balaban J connectivity index is 1.88. The van der Waals surface area contributed by atoms with Gasteiger partial charge in [0.15, 0.2) is 0 Å². The second-order valence-corrected chi connectivity index (χ2v) is 5.95. The number of amides is 1. The third kappa shape index (κ3) is 4.10. The average Bonchev–Trinajstić information content (AvgIpc) is 2.48. The molecule has 0 saturated heterocycles. The van der Waals surface area contributed by atoms with Gasteiger partial charge in [-0.05, 0) is 31.0 Å². The number of nitrogens with one attached hydrogen (secondary N) is 1. The SMILES string of the molecule is Cc1cnccc1NC(=O)C(C)SCc1ccccc1. The number of benzene rings is 1. The summed E-state index contributed by atoms with van der Waals surface area (Å²) in [7, 11) is 0. The van der Waals surface area contributed by atoms with E-state index in [9.17, 15) is 4.79 Å². The van der Waals surface area contributed by atoms with Crippen molar-refractivity contribution in [3.05, 3.63) is 59.9 Å². The Hall–Kier alpha value is -1.81. The van der Waals surface area contributed by atoms with E-state index in [0.717, 1.165) is 17.0 Å². The van der Waals surface area contributed by atoms with Crippen molar-refractivity contribution in [2.75, 3.05) is 5.32 Å². The van der Waals surface area contributed by atoms with Gasteiger partial charge in [-0.15, -0.1) is 11.8 Å². The summed E-state index contributed by atoms with van der Waals surface area (Å²) in [5.74, 6) is 0.866. The topological polar surface area (TPSA) is 42.0 Å². The summed E-state index contributed by atoms with van der Waals surface area (Å²) in [6.45, 7) is 3.86. The maximum Gasteiger partial charge on any atom is 0.237 e. The smallest absolute Gasteiger partial charge is 0.237 e. The van der Waals surface area contributed by atoms with Gasteiger partial charge in [0.2, 0.25) is 5.91 Å². The summed E-state index contributed by atoms with van der Waals surface area (Å²) >= 11 is 1.64. The lowest BCUT2D eigenvalue weighted by Crippen LogP contribution is -2.23. The van der Waals surface area contributed by atoms with Crippen LogP contribution in [0.2, 0.25) is 0 Å². The van der Waals surface area contributed by atoms with Crippen LogP contribution in [0.5, 0.6) is 0 Å². The van der Waals surface area contributed by atoms with Crippen LogP contribution in [0, 0.1) is 6.92 Å². The lowest BCUT2D eigenvalue weighted by atomic mass is 10.2. The molecule has 1 unspecified atom stereocenters. The molecule has 1 heterocycles. The molecular weight excluding hydrogens is 268 g/mol. The molecule has 20 heavy (non-hydrogen) atoms. The summed E-state index contributed by atoms with van der Waals surface area (Å²) < 4.78 is 0. The molecule has 1 aromatic carbocycles. The fraction of sp³-hybridized carbons (Fsp3) is 0.250. The van der Waals surface area contributed by atoms with Gasteiger partial charge in [0.1, 0.15) is 0 Å². The molecule has 0 saturated carbocycles. The van der Waals surface area contributed by atoms with Gasteiger partial charge in [-0.3, -0.25) is 9.78 Å². The minimum Gasteiger partial charge on any atom is -0.325 e. The zero-order valence-electron chi connectivity index (χ0n) is 11.7. The van der Waals surface area contributed by atoms with E-state index in [1.54, 1.807) is 24.2 Å². The Morgan fingerprint density at radius 1 is 1.30 bits per heavy atom. The van der Waals surface area contributed by atoms with Crippen LogP contribution in [0.25, 0.3) is 0 Å². The van der Waals surface area contributed by atoms with E-state index in [1.807, 2.05) is 38.1 Å². The molecule has 104 valence electrons. The molecule has 0 radical (unpaired) electrons. The second kappa shape index (κ2) is 7.10. The molecule has 1 atom stereocenters. The van der Waals surface area contributed by atoms with Gasteiger partial charge in [-0.25, -0.2) is 0 Å². The van der Waals surface area contributed by atoms with Crippen LogP contribution < -0.4 is 5.32 Å². The molecule has 1 amide bonds. The van der Waals surface area contributed by atoms with Crippen molar-refractivity contribution in [3.8, 4) is 0 Å². The van der Waals surface area contributed by atoms with Gasteiger partial charge in [-0.2, -0.15) is 0 Å². The van der Waals surface area contributed by atoms with Crippen molar-refractivity contribution in [1.82, 2.24) is 4.98 Å². The maximum absolute atomic E-state index is 12.1. The van der Waals surface area contributed by atoms with Crippen LogP contribution in [0.4, 0.5) is 5.69 Å². The second-order valence-electron chi connectivity index (χ2n) is 4.62. The summed E-state index contributed by atoms with van der Waals surface area (Å²) in [4.78, 5) is 16.2. The molecule has 4 heteroatoms. The number of aromatic nitrogens is 1. The third-order valence-electron chi connectivity index (χ3n) is 2.99. The van der Waals surface area contributed by atoms with Crippen molar-refractivity contribution < 1.29 is 4.79 Å². The number of pyridine rings is 1. The predicted molar refractivity (Wildman–Crippen MR) is 84.8 cm³/mol. The van der Waals surface area contributed by atoms with Crippen LogP contribution in [-0.2, 0) is 10.5 Å². The Kier molecular flexibility index (Phi) is 5.18. The zero-order chi connectivity index (χ0) is 14.4. The van der Waals surface area contributed by atoms with Crippen molar-refractivity contribution in [1.29, 1.82) is 0 Å². The molecule has 3 nitrogen and oxygen atoms in total. The third-order valence-corrected chi connectivity index (χ3v) is 4.20. The molecule has 0 aliphatic carbocycles. The van der Waals surface area contributed by atoms with Gasteiger partial charge >= 0.3 is 0 Å². The van der Waals surface area contributed by atoms with Crippen LogP contribution in [0.1, 0.15) is 18.1 Å². The first-order valence-electron chi connectivity index (χ1n) is 6.54. The van der Waals surface area contributed by atoms with E-state index in [-0.39, 0.29) is 11.2 Å². The van der Waals surface area contributed by atoms with Crippen LogP contribution in [0.3, 0.4) is 0 Å². The molecule has 0 spiro atoms. The Morgan fingerprint density at radius 2 is 2.05 bits per heavy atom. The molecule has 0 fully saturated rings. The van der Waals surface area contributed by atoms with E-state index < -0.39 is 0 Å². The number of nitrogens with zero attached hydrogens (tertiary/aromatic N) is 1.